The normalized spacial score (nSPS) is 17.2. The van der Waals surface area contributed by atoms with Crippen LogP contribution in [0.25, 0.3) is 0 Å². The first-order valence-electron chi connectivity index (χ1n) is 7.96. The van der Waals surface area contributed by atoms with Crippen LogP contribution in [0.3, 0.4) is 0 Å². The van der Waals surface area contributed by atoms with Crippen LogP contribution in [-0.2, 0) is 16.1 Å². The Morgan fingerprint density at radius 1 is 1.44 bits per heavy atom. The van der Waals surface area contributed by atoms with Gasteiger partial charge in [-0.15, -0.1) is 0 Å². The van der Waals surface area contributed by atoms with Gasteiger partial charge in [0.1, 0.15) is 6.61 Å². The number of rotatable bonds is 8. The second-order valence-electron chi connectivity index (χ2n) is 6.27. The molecule has 2 rings (SSSR count). The number of likely N-dealkylation sites (N-methyl/N-ethyl adjacent to an activating group) is 1. The number of hydrogen-bond donors (Lipinski definition) is 1. The molecule has 1 aliphatic heterocycles. The molecular formula is C17H23ClN2O5. The predicted octanol–water partition coefficient (Wildman–Crippen LogP) is 1.72. The maximum Gasteiger partial charge on any atom is 0.308 e. The summed E-state index contributed by atoms with van der Waals surface area (Å²) in [6.45, 7) is 1.69. The third-order valence-electron chi connectivity index (χ3n) is 4.01. The Labute approximate surface area is 152 Å². The van der Waals surface area contributed by atoms with E-state index in [1.165, 1.54) is 12.0 Å². The molecule has 25 heavy (non-hydrogen) atoms. The lowest BCUT2D eigenvalue weighted by molar-refractivity contribution is -0.141. The van der Waals surface area contributed by atoms with E-state index in [0.717, 1.165) is 12.1 Å². The Morgan fingerprint density at radius 2 is 2.16 bits per heavy atom. The Kier molecular flexibility index (Phi) is 6.50. The molecule has 0 spiro atoms. The molecule has 1 unspecified atom stereocenters. The van der Waals surface area contributed by atoms with Gasteiger partial charge in [-0.1, -0.05) is 11.6 Å². The number of methoxy groups -OCH3 is 1. The number of ether oxygens (including phenoxy) is 2. The monoisotopic (exact) mass is 370 g/mol. The zero-order valence-corrected chi connectivity index (χ0v) is 15.4. The van der Waals surface area contributed by atoms with Gasteiger partial charge in [-0.2, -0.15) is 0 Å². The molecule has 0 radical (unpaired) electrons. The Bertz CT molecular complexity index is 650. The molecule has 1 heterocycles. The van der Waals surface area contributed by atoms with Gasteiger partial charge in [0.15, 0.2) is 11.5 Å². The highest BCUT2D eigenvalue weighted by Crippen LogP contribution is 2.37. The van der Waals surface area contributed by atoms with Crippen molar-refractivity contribution in [3.63, 3.8) is 0 Å². The van der Waals surface area contributed by atoms with Gasteiger partial charge in [-0.05, 0) is 31.8 Å². The summed E-state index contributed by atoms with van der Waals surface area (Å²) in [5, 5.41) is 9.46. The molecule has 1 saturated heterocycles. The van der Waals surface area contributed by atoms with E-state index in [0.29, 0.717) is 23.1 Å². The number of likely N-dealkylation sites (tertiary alicyclic amines) is 1. The fourth-order valence-electron chi connectivity index (χ4n) is 2.65. The van der Waals surface area contributed by atoms with E-state index in [-0.39, 0.29) is 25.4 Å². The highest BCUT2D eigenvalue weighted by molar-refractivity contribution is 6.32. The zero-order chi connectivity index (χ0) is 18.6. The molecule has 0 bridgehead atoms. The van der Waals surface area contributed by atoms with E-state index in [1.54, 1.807) is 12.1 Å². The van der Waals surface area contributed by atoms with Crippen molar-refractivity contribution in [1.29, 1.82) is 0 Å². The number of amides is 1. The summed E-state index contributed by atoms with van der Waals surface area (Å²) < 4.78 is 11.1. The molecule has 1 atom stereocenters. The lowest BCUT2D eigenvalue weighted by atomic mass is 10.1. The Balaban J connectivity index is 2.11. The van der Waals surface area contributed by atoms with Crippen molar-refractivity contribution in [1.82, 2.24) is 9.80 Å². The lowest BCUT2D eigenvalue weighted by Gasteiger charge is -2.19. The molecule has 1 fully saturated rings. The summed E-state index contributed by atoms with van der Waals surface area (Å²) in [4.78, 5) is 26.5. The number of carboxylic acid groups (broad SMARTS) is 1. The first kappa shape index (κ1) is 19.3. The van der Waals surface area contributed by atoms with Crippen molar-refractivity contribution in [2.24, 2.45) is 5.92 Å². The second-order valence-corrected chi connectivity index (χ2v) is 6.68. The number of carbonyl (C=O) groups is 2. The molecule has 138 valence electrons. The molecule has 1 aromatic carbocycles. The van der Waals surface area contributed by atoms with Gasteiger partial charge in [0.2, 0.25) is 5.91 Å². The minimum absolute atomic E-state index is 0.0337. The van der Waals surface area contributed by atoms with Crippen molar-refractivity contribution >= 4 is 23.5 Å². The Morgan fingerprint density at radius 3 is 2.72 bits per heavy atom. The standard InChI is InChI=1S/C17H23ClN2O5/c1-19(2)4-5-25-16-13(18)6-11(7-14(16)24-3)9-20-10-12(17(22)23)8-15(20)21/h6-7,12H,4-5,8-10H2,1-3H3,(H,22,23). The zero-order valence-electron chi connectivity index (χ0n) is 14.6. The minimum atomic E-state index is -0.948. The van der Waals surface area contributed by atoms with Crippen molar-refractivity contribution < 1.29 is 24.2 Å². The Hall–Kier alpha value is -1.99. The van der Waals surface area contributed by atoms with E-state index < -0.39 is 11.9 Å². The van der Waals surface area contributed by atoms with Gasteiger partial charge in [0.25, 0.3) is 0 Å². The van der Waals surface area contributed by atoms with E-state index in [9.17, 15) is 9.59 Å². The van der Waals surface area contributed by atoms with Gasteiger partial charge >= 0.3 is 5.97 Å². The average molecular weight is 371 g/mol. The number of benzene rings is 1. The number of carbonyl (C=O) groups excluding carboxylic acids is 1. The summed E-state index contributed by atoms with van der Waals surface area (Å²) >= 11 is 6.31. The first-order chi connectivity index (χ1) is 11.8. The van der Waals surface area contributed by atoms with Crippen LogP contribution in [0.2, 0.25) is 5.02 Å². The van der Waals surface area contributed by atoms with Crippen molar-refractivity contribution in [3.05, 3.63) is 22.7 Å². The summed E-state index contributed by atoms with van der Waals surface area (Å²) in [6, 6.07) is 3.48. The van der Waals surface area contributed by atoms with Crippen LogP contribution >= 0.6 is 11.6 Å². The molecule has 7 nitrogen and oxygen atoms in total. The SMILES string of the molecule is COc1cc(CN2CC(C(=O)O)CC2=O)cc(Cl)c1OCCN(C)C. The predicted molar refractivity (Wildman–Crippen MR) is 93.2 cm³/mol. The molecule has 8 heteroatoms. The number of halogens is 1. The van der Waals surface area contributed by atoms with Crippen LogP contribution in [0.1, 0.15) is 12.0 Å². The van der Waals surface area contributed by atoms with E-state index in [1.807, 2.05) is 19.0 Å². The number of nitrogens with zero attached hydrogens (tertiary/aromatic N) is 2. The first-order valence-corrected chi connectivity index (χ1v) is 8.34. The number of carboxylic acids is 1. The van der Waals surface area contributed by atoms with E-state index in [4.69, 9.17) is 26.2 Å². The molecule has 1 aliphatic rings. The summed E-state index contributed by atoms with van der Waals surface area (Å²) in [5.74, 6) is -0.822. The molecule has 1 aromatic rings. The summed E-state index contributed by atoms with van der Waals surface area (Å²) in [5.41, 5.74) is 0.765. The lowest BCUT2D eigenvalue weighted by Crippen LogP contribution is -2.25. The van der Waals surface area contributed by atoms with Gasteiger partial charge in [0, 0.05) is 26.1 Å². The van der Waals surface area contributed by atoms with Crippen LogP contribution in [0.5, 0.6) is 11.5 Å². The molecule has 1 N–H and O–H groups in total. The fraction of sp³-hybridized carbons (Fsp3) is 0.529. The van der Waals surface area contributed by atoms with Crippen LogP contribution in [0, 0.1) is 5.92 Å². The third kappa shape index (κ3) is 4.99. The smallest absolute Gasteiger partial charge is 0.308 e. The van der Waals surface area contributed by atoms with E-state index in [2.05, 4.69) is 0 Å². The quantitative estimate of drug-likeness (QED) is 0.750. The van der Waals surface area contributed by atoms with Crippen LogP contribution in [0.15, 0.2) is 12.1 Å². The van der Waals surface area contributed by atoms with Gasteiger partial charge in [-0.25, -0.2) is 0 Å². The highest BCUT2D eigenvalue weighted by atomic mass is 35.5. The molecule has 0 aromatic heterocycles. The van der Waals surface area contributed by atoms with Gasteiger partial charge < -0.3 is 24.4 Å². The maximum absolute atomic E-state index is 12.0. The third-order valence-corrected chi connectivity index (χ3v) is 4.29. The van der Waals surface area contributed by atoms with E-state index >= 15 is 0 Å². The molecular weight excluding hydrogens is 348 g/mol. The number of aliphatic carboxylic acids is 1. The van der Waals surface area contributed by atoms with Crippen molar-refractivity contribution in [2.45, 2.75) is 13.0 Å². The molecule has 0 saturated carbocycles. The van der Waals surface area contributed by atoms with Crippen LogP contribution < -0.4 is 9.47 Å². The highest BCUT2D eigenvalue weighted by Gasteiger charge is 2.34. The summed E-state index contributed by atoms with van der Waals surface area (Å²) in [6.07, 6.45) is 0.0337. The number of hydrogen-bond acceptors (Lipinski definition) is 5. The average Bonchev–Trinajstić information content (AvgIpc) is 2.90. The van der Waals surface area contributed by atoms with Crippen molar-refractivity contribution in [2.75, 3.05) is 40.9 Å². The topological polar surface area (TPSA) is 79.3 Å². The van der Waals surface area contributed by atoms with Crippen LogP contribution in [-0.4, -0.2) is 67.7 Å². The summed E-state index contributed by atoms with van der Waals surface area (Å²) in [7, 11) is 5.42. The van der Waals surface area contributed by atoms with Gasteiger partial charge in [0.05, 0.1) is 18.1 Å². The fourth-order valence-corrected chi connectivity index (χ4v) is 2.93. The maximum atomic E-state index is 12.0. The van der Waals surface area contributed by atoms with Crippen LogP contribution in [0.4, 0.5) is 0 Å². The minimum Gasteiger partial charge on any atom is -0.493 e. The largest absolute Gasteiger partial charge is 0.493 e. The molecule has 0 aliphatic carbocycles. The van der Waals surface area contributed by atoms with Gasteiger partial charge in [-0.3, -0.25) is 9.59 Å². The van der Waals surface area contributed by atoms with Crippen molar-refractivity contribution in [3.8, 4) is 11.5 Å². The molecule has 1 amide bonds. The second kappa shape index (κ2) is 8.40.